The Labute approximate surface area is 161 Å². The maximum absolute atomic E-state index is 13.7. The summed E-state index contributed by atoms with van der Waals surface area (Å²) < 4.78 is 19.4. The third-order valence-corrected chi connectivity index (χ3v) is 3.81. The molecular formula is C21H18FN3O3. The zero-order valence-corrected chi connectivity index (χ0v) is 15.1. The van der Waals surface area contributed by atoms with E-state index in [1.165, 1.54) is 25.1 Å². The highest BCUT2D eigenvalue weighted by Crippen LogP contribution is 2.21. The highest BCUT2D eigenvalue weighted by Gasteiger charge is 2.10. The number of pyridine rings is 1. The van der Waals surface area contributed by atoms with Crippen molar-refractivity contribution in [1.82, 2.24) is 4.98 Å². The van der Waals surface area contributed by atoms with Crippen molar-refractivity contribution < 1.29 is 18.7 Å². The van der Waals surface area contributed by atoms with Crippen LogP contribution in [0, 0.1) is 5.82 Å². The average molecular weight is 379 g/mol. The Morgan fingerprint density at radius 3 is 2.39 bits per heavy atom. The van der Waals surface area contributed by atoms with Gasteiger partial charge in [-0.1, -0.05) is 0 Å². The van der Waals surface area contributed by atoms with E-state index in [2.05, 4.69) is 15.6 Å². The lowest BCUT2D eigenvalue weighted by Gasteiger charge is -2.10. The van der Waals surface area contributed by atoms with Crippen molar-refractivity contribution in [1.29, 1.82) is 0 Å². The highest BCUT2D eigenvalue weighted by atomic mass is 19.1. The largest absolute Gasteiger partial charge is 0.489 e. The first kappa shape index (κ1) is 19.0. The quantitative estimate of drug-likeness (QED) is 0.678. The van der Waals surface area contributed by atoms with Crippen LogP contribution in [0.4, 0.5) is 15.8 Å². The molecule has 0 bridgehead atoms. The van der Waals surface area contributed by atoms with E-state index >= 15 is 0 Å². The van der Waals surface area contributed by atoms with Crippen LogP contribution in [0.3, 0.4) is 0 Å². The summed E-state index contributed by atoms with van der Waals surface area (Å²) in [6.07, 6.45) is 3.39. The van der Waals surface area contributed by atoms with Crippen molar-refractivity contribution in [2.45, 2.75) is 13.5 Å². The summed E-state index contributed by atoms with van der Waals surface area (Å²) in [5.41, 5.74) is 1.78. The Morgan fingerprint density at radius 1 is 1.00 bits per heavy atom. The molecule has 0 aliphatic heterocycles. The summed E-state index contributed by atoms with van der Waals surface area (Å²) in [5, 5.41) is 5.05. The van der Waals surface area contributed by atoms with Crippen LogP contribution < -0.4 is 15.4 Å². The van der Waals surface area contributed by atoms with Crippen LogP contribution in [0.2, 0.25) is 0 Å². The molecule has 3 rings (SSSR count). The molecule has 0 atom stereocenters. The fourth-order valence-electron chi connectivity index (χ4n) is 2.44. The zero-order valence-electron chi connectivity index (χ0n) is 15.1. The Morgan fingerprint density at radius 2 is 1.71 bits per heavy atom. The molecule has 0 fully saturated rings. The molecular weight excluding hydrogens is 361 g/mol. The van der Waals surface area contributed by atoms with Gasteiger partial charge in [0.05, 0.1) is 5.69 Å². The number of hydrogen-bond acceptors (Lipinski definition) is 4. The third kappa shape index (κ3) is 5.14. The van der Waals surface area contributed by atoms with Gasteiger partial charge in [-0.2, -0.15) is 0 Å². The second-order valence-electron chi connectivity index (χ2n) is 6.00. The van der Waals surface area contributed by atoms with Gasteiger partial charge in [0.15, 0.2) is 0 Å². The number of hydrogen-bond donors (Lipinski definition) is 2. The van der Waals surface area contributed by atoms with Crippen LogP contribution in [-0.2, 0) is 11.4 Å². The van der Waals surface area contributed by atoms with Crippen molar-refractivity contribution in [2.75, 3.05) is 10.6 Å². The molecule has 28 heavy (non-hydrogen) atoms. The second-order valence-corrected chi connectivity index (χ2v) is 6.00. The van der Waals surface area contributed by atoms with Gasteiger partial charge in [-0.25, -0.2) is 4.39 Å². The predicted octanol–water partition coefficient (Wildman–Crippen LogP) is 4.01. The molecule has 142 valence electrons. The summed E-state index contributed by atoms with van der Waals surface area (Å²) in [7, 11) is 0. The SMILES string of the molecule is CC(=O)Nc1cc(NC(=O)c2ccc(OCc3ccncc3)cc2)ccc1F. The Bertz CT molecular complexity index is 976. The van der Waals surface area contributed by atoms with Crippen molar-refractivity contribution in [3.05, 3.63) is 83.9 Å². The molecule has 6 nitrogen and oxygen atoms in total. The van der Waals surface area contributed by atoms with Gasteiger partial charge < -0.3 is 15.4 Å². The summed E-state index contributed by atoms with van der Waals surface area (Å²) in [6, 6.07) is 14.3. The van der Waals surface area contributed by atoms with E-state index in [1.807, 2.05) is 12.1 Å². The number of halogens is 1. The van der Waals surface area contributed by atoms with Gasteiger partial charge in [0, 0.05) is 30.6 Å². The fourth-order valence-corrected chi connectivity index (χ4v) is 2.44. The van der Waals surface area contributed by atoms with Gasteiger partial charge >= 0.3 is 0 Å². The minimum Gasteiger partial charge on any atom is -0.489 e. The van der Waals surface area contributed by atoms with E-state index in [9.17, 15) is 14.0 Å². The molecule has 0 aliphatic rings. The Hall–Kier alpha value is -3.74. The number of carbonyl (C=O) groups excluding carboxylic acids is 2. The van der Waals surface area contributed by atoms with E-state index in [0.29, 0.717) is 23.6 Å². The van der Waals surface area contributed by atoms with E-state index in [0.717, 1.165) is 5.56 Å². The van der Waals surface area contributed by atoms with Crippen LogP contribution in [0.15, 0.2) is 67.0 Å². The topological polar surface area (TPSA) is 80.3 Å². The summed E-state index contributed by atoms with van der Waals surface area (Å²) in [5.74, 6) is -0.710. The normalized spacial score (nSPS) is 10.2. The summed E-state index contributed by atoms with van der Waals surface area (Å²) in [6.45, 7) is 1.68. The molecule has 2 N–H and O–H groups in total. The van der Waals surface area contributed by atoms with E-state index in [-0.39, 0.29) is 11.6 Å². The number of ether oxygens (including phenoxy) is 1. The van der Waals surface area contributed by atoms with Gasteiger partial charge in [0.1, 0.15) is 18.2 Å². The molecule has 1 heterocycles. The maximum atomic E-state index is 13.7. The van der Waals surface area contributed by atoms with Crippen molar-refractivity contribution in [3.63, 3.8) is 0 Å². The molecule has 0 aliphatic carbocycles. The van der Waals surface area contributed by atoms with E-state index < -0.39 is 11.7 Å². The third-order valence-electron chi connectivity index (χ3n) is 3.81. The van der Waals surface area contributed by atoms with Crippen LogP contribution in [0.1, 0.15) is 22.8 Å². The number of benzene rings is 2. The number of aromatic nitrogens is 1. The molecule has 3 aromatic rings. The number of amides is 2. The van der Waals surface area contributed by atoms with Crippen LogP contribution in [0.5, 0.6) is 5.75 Å². The smallest absolute Gasteiger partial charge is 0.255 e. The van der Waals surface area contributed by atoms with Gasteiger partial charge in [-0.3, -0.25) is 14.6 Å². The lowest BCUT2D eigenvalue weighted by Crippen LogP contribution is -2.13. The molecule has 0 saturated carbocycles. The number of rotatable bonds is 6. The van der Waals surface area contributed by atoms with Crippen LogP contribution in [0.25, 0.3) is 0 Å². The van der Waals surface area contributed by atoms with Crippen LogP contribution in [-0.4, -0.2) is 16.8 Å². The lowest BCUT2D eigenvalue weighted by molar-refractivity contribution is -0.114. The Balaban J connectivity index is 1.62. The molecule has 2 aromatic carbocycles. The number of carbonyl (C=O) groups is 2. The molecule has 7 heteroatoms. The fraction of sp³-hybridized carbons (Fsp3) is 0.0952. The van der Waals surface area contributed by atoms with E-state index in [1.54, 1.807) is 36.7 Å². The monoisotopic (exact) mass is 379 g/mol. The first-order valence-corrected chi connectivity index (χ1v) is 8.51. The minimum absolute atomic E-state index is 0.00478. The standard InChI is InChI=1S/C21H18FN3O3/c1-14(26)24-20-12-17(4-7-19(20)22)25-21(27)16-2-5-18(6-3-16)28-13-15-8-10-23-11-9-15/h2-12H,13H2,1H3,(H,24,26)(H,25,27). The second kappa shape index (κ2) is 8.77. The van der Waals surface area contributed by atoms with Crippen molar-refractivity contribution in [3.8, 4) is 5.75 Å². The van der Waals surface area contributed by atoms with Gasteiger partial charge in [-0.05, 0) is 60.2 Å². The average Bonchev–Trinajstić information content (AvgIpc) is 2.70. The number of nitrogens with zero attached hydrogens (tertiary/aromatic N) is 1. The maximum Gasteiger partial charge on any atom is 0.255 e. The van der Waals surface area contributed by atoms with Gasteiger partial charge in [-0.15, -0.1) is 0 Å². The molecule has 1 aromatic heterocycles. The zero-order chi connectivity index (χ0) is 19.9. The van der Waals surface area contributed by atoms with Gasteiger partial charge in [0.2, 0.25) is 5.91 Å². The highest BCUT2D eigenvalue weighted by molar-refractivity contribution is 6.04. The van der Waals surface area contributed by atoms with Crippen molar-refractivity contribution in [2.24, 2.45) is 0 Å². The van der Waals surface area contributed by atoms with E-state index in [4.69, 9.17) is 4.74 Å². The Kier molecular flexibility index (Phi) is 5.96. The first-order valence-electron chi connectivity index (χ1n) is 8.51. The number of anilines is 2. The van der Waals surface area contributed by atoms with Crippen molar-refractivity contribution >= 4 is 23.2 Å². The minimum atomic E-state index is -0.580. The van der Waals surface area contributed by atoms with Gasteiger partial charge in [0.25, 0.3) is 5.91 Å². The molecule has 0 unspecified atom stereocenters. The molecule has 0 spiro atoms. The summed E-state index contributed by atoms with van der Waals surface area (Å²) in [4.78, 5) is 27.4. The lowest BCUT2D eigenvalue weighted by atomic mass is 10.2. The summed E-state index contributed by atoms with van der Waals surface area (Å²) >= 11 is 0. The molecule has 0 saturated heterocycles. The number of nitrogens with one attached hydrogen (secondary N) is 2. The first-order chi connectivity index (χ1) is 13.5. The molecule has 2 amide bonds. The van der Waals surface area contributed by atoms with Crippen LogP contribution >= 0.6 is 0 Å². The predicted molar refractivity (Wildman–Crippen MR) is 104 cm³/mol. The molecule has 0 radical (unpaired) electrons.